The van der Waals surface area contributed by atoms with Gasteiger partial charge in [-0.15, -0.1) is 11.3 Å². The van der Waals surface area contributed by atoms with Crippen molar-refractivity contribution in [3.05, 3.63) is 53.5 Å². The van der Waals surface area contributed by atoms with Crippen molar-refractivity contribution in [1.82, 2.24) is 21.1 Å². The molecule has 3 aromatic rings. The highest BCUT2D eigenvalue weighted by atomic mass is 32.1. The SMILES string of the molecule is CONC(=O)CNC(=O)CNC(=O)Cc1nc2ccc(-c3ccccc3)cc2s1. The molecule has 0 aliphatic heterocycles. The van der Waals surface area contributed by atoms with Crippen LogP contribution in [0.5, 0.6) is 0 Å². The largest absolute Gasteiger partial charge is 0.347 e. The van der Waals surface area contributed by atoms with Gasteiger partial charge in [-0.25, -0.2) is 10.5 Å². The summed E-state index contributed by atoms with van der Waals surface area (Å²) in [6, 6.07) is 16.0. The Balaban J connectivity index is 1.54. The first kappa shape index (κ1) is 20.4. The molecule has 0 spiro atoms. The van der Waals surface area contributed by atoms with Crippen molar-refractivity contribution >= 4 is 39.3 Å². The predicted octanol–water partition coefficient (Wildman–Crippen LogP) is 1.42. The van der Waals surface area contributed by atoms with Gasteiger partial charge in [-0.2, -0.15) is 0 Å². The van der Waals surface area contributed by atoms with E-state index in [0.29, 0.717) is 5.01 Å². The van der Waals surface area contributed by atoms with E-state index in [1.807, 2.05) is 42.5 Å². The van der Waals surface area contributed by atoms with Crippen LogP contribution in [0, 0.1) is 0 Å². The maximum absolute atomic E-state index is 12.1. The molecule has 0 fully saturated rings. The van der Waals surface area contributed by atoms with E-state index in [4.69, 9.17) is 0 Å². The first-order chi connectivity index (χ1) is 14.0. The number of aromatic nitrogens is 1. The van der Waals surface area contributed by atoms with Crippen LogP contribution in [0.2, 0.25) is 0 Å². The summed E-state index contributed by atoms with van der Waals surface area (Å²) in [7, 11) is 1.30. The van der Waals surface area contributed by atoms with Gasteiger partial charge in [-0.05, 0) is 23.3 Å². The molecule has 0 atom stereocenters. The molecule has 1 heterocycles. The quantitative estimate of drug-likeness (QED) is 0.485. The van der Waals surface area contributed by atoms with Crippen LogP contribution in [0.25, 0.3) is 21.3 Å². The number of hydroxylamine groups is 1. The van der Waals surface area contributed by atoms with Crippen LogP contribution in [-0.4, -0.2) is 42.9 Å². The van der Waals surface area contributed by atoms with Gasteiger partial charge >= 0.3 is 0 Å². The van der Waals surface area contributed by atoms with Gasteiger partial charge in [0.15, 0.2) is 0 Å². The van der Waals surface area contributed by atoms with Crippen molar-refractivity contribution in [3.63, 3.8) is 0 Å². The van der Waals surface area contributed by atoms with Crippen molar-refractivity contribution in [2.45, 2.75) is 6.42 Å². The van der Waals surface area contributed by atoms with E-state index in [1.54, 1.807) is 0 Å². The van der Waals surface area contributed by atoms with E-state index in [0.717, 1.165) is 21.3 Å². The Kier molecular flexibility index (Phi) is 6.88. The maximum atomic E-state index is 12.1. The highest BCUT2D eigenvalue weighted by Crippen LogP contribution is 2.28. The topological polar surface area (TPSA) is 109 Å². The Morgan fingerprint density at radius 2 is 1.66 bits per heavy atom. The normalized spacial score (nSPS) is 10.5. The number of fused-ring (bicyclic) bond motifs is 1. The van der Waals surface area contributed by atoms with Gasteiger partial charge in [0.1, 0.15) is 5.01 Å². The van der Waals surface area contributed by atoms with Gasteiger partial charge < -0.3 is 10.6 Å². The summed E-state index contributed by atoms with van der Waals surface area (Å²) in [5.41, 5.74) is 5.12. The number of carbonyl (C=O) groups is 3. The molecule has 150 valence electrons. The molecule has 29 heavy (non-hydrogen) atoms. The summed E-state index contributed by atoms with van der Waals surface area (Å²) in [5, 5.41) is 5.56. The lowest BCUT2D eigenvalue weighted by Crippen LogP contribution is -2.42. The Bertz CT molecular complexity index is 1020. The fourth-order valence-electron chi connectivity index (χ4n) is 2.63. The molecule has 2 aromatic carbocycles. The molecule has 9 heteroatoms. The van der Waals surface area contributed by atoms with Crippen molar-refractivity contribution < 1.29 is 19.2 Å². The van der Waals surface area contributed by atoms with Crippen molar-refractivity contribution in [3.8, 4) is 11.1 Å². The Labute approximate surface area is 171 Å². The lowest BCUT2D eigenvalue weighted by atomic mass is 10.1. The molecule has 0 radical (unpaired) electrons. The number of nitrogens with zero attached hydrogens (tertiary/aromatic N) is 1. The van der Waals surface area contributed by atoms with Crippen molar-refractivity contribution in [2.24, 2.45) is 0 Å². The zero-order valence-electron chi connectivity index (χ0n) is 15.7. The number of nitrogens with one attached hydrogen (secondary N) is 3. The minimum Gasteiger partial charge on any atom is -0.347 e. The molecule has 0 saturated carbocycles. The number of hydrogen-bond acceptors (Lipinski definition) is 6. The number of benzene rings is 2. The van der Waals surface area contributed by atoms with Gasteiger partial charge in [0.2, 0.25) is 11.8 Å². The first-order valence-corrected chi connectivity index (χ1v) is 9.67. The third kappa shape index (κ3) is 5.84. The highest BCUT2D eigenvalue weighted by molar-refractivity contribution is 7.18. The number of rotatable bonds is 8. The van der Waals surface area contributed by atoms with Gasteiger partial charge in [0.25, 0.3) is 5.91 Å². The van der Waals surface area contributed by atoms with Crippen molar-refractivity contribution in [2.75, 3.05) is 20.2 Å². The molecule has 1 aromatic heterocycles. The molecule has 0 aliphatic carbocycles. The van der Waals surface area contributed by atoms with E-state index >= 15 is 0 Å². The number of thiazole rings is 1. The highest BCUT2D eigenvalue weighted by Gasteiger charge is 2.12. The van der Waals surface area contributed by atoms with Gasteiger partial charge in [0, 0.05) is 0 Å². The third-order valence-electron chi connectivity index (χ3n) is 3.96. The zero-order valence-corrected chi connectivity index (χ0v) is 16.5. The van der Waals surface area contributed by atoms with E-state index in [1.165, 1.54) is 18.4 Å². The van der Waals surface area contributed by atoms with Crippen LogP contribution < -0.4 is 16.1 Å². The number of carbonyl (C=O) groups excluding carboxylic acids is 3. The van der Waals surface area contributed by atoms with Gasteiger partial charge in [-0.3, -0.25) is 19.2 Å². The lowest BCUT2D eigenvalue weighted by molar-refractivity contribution is -0.132. The molecule has 0 saturated heterocycles. The van der Waals surface area contributed by atoms with E-state index < -0.39 is 11.8 Å². The standard InChI is InChI=1S/C20H20N4O4S/c1-28-24-19(27)12-22-18(26)11-21-17(25)10-20-23-15-8-7-14(9-16(15)29-20)13-5-3-2-4-6-13/h2-9H,10-12H2,1H3,(H,21,25)(H,22,26)(H,24,27). The Hall–Kier alpha value is -3.30. The van der Waals surface area contributed by atoms with Crippen LogP contribution >= 0.6 is 11.3 Å². The molecular weight excluding hydrogens is 392 g/mol. The van der Waals surface area contributed by atoms with E-state index in [2.05, 4.69) is 32.0 Å². The molecule has 3 amide bonds. The number of hydrogen-bond donors (Lipinski definition) is 3. The molecule has 3 N–H and O–H groups in total. The van der Waals surface area contributed by atoms with Crippen LogP contribution in [0.4, 0.5) is 0 Å². The van der Waals surface area contributed by atoms with Crippen molar-refractivity contribution in [1.29, 1.82) is 0 Å². The van der Waals surface area contributed by atoms with Crippen LogP contribution in [0.3, 0.4) is 0 Å². The summed E-state index contributed by atoms with van der Waals surface area (Å²) in [5.74, 6) is -1.28. The van der Waals surface area contributed by atoms with Crippen LogP contribution in [-0.2, 0) is 25.6 Å². The summed E-state index contributed by atoms with van der Waals surface area (Å²) in [6.07, 6.45) is 0.0808. The number of amides is 3. The van der Waals surface area contributed by atoms with Gasteiger partial charge in [0.05, 0.1) is 36.8 Å². The second-order valence-corrected chi connectivity index (χ2v) is 7.23. The fraction of sp³-hybridized carbons (Fsp3) is 0.200. The average Bonchev–Trinajstić information content (AvgIpc) is 3.13. The minimum atomic E-state index is -0.489. The summed E-state index contributed by atoms with van der Waals surface area (Å²) < 4.78 is 0.996. The Morgan fingerprint density at radius 3 is 2.41 bits per heavy atom. The first-order valence-electron chi connectivity index (χ1n) is 8.85. The second kappa shape index (κ2) is 9.76. The summed E-state index contributed by atoms with van der Waals surface area (Å²) in [6.45, 7) is -0.452. The lowest BCUT2D eigenvalue weighted by Gasteiger charge is -2.06. The van der Waals surface area contributed by atoms with E-state index in [9.17, 15) is 14.4 Å². The van der Waals surface area contributed by atoms with Crippen LogP contribution in [0.15, 0.2) is 48.5 Å². The molecule has 0 bridgehead atoms. The summed E-state index contributed by atoms with van der Waals surface area (Å²) >= 11 is 1.45. The molecule has 0 aliphatic rings. The third-order valence-corrected chi connectivity index (χ3v) is 4.98. The summed E-state index contributed by atoms with van der Waals surface area (Å²) in [4.78, 5) is 43.9. The molecule has 0 unspecified atom stereocenters. The monoisotopic (exact) mass is 412 g/mol. The zero-order chi connectivity index (χ0) is 20.6. The maximum Gasteiger partial charge on any atom is 0.262 e. The molecule has 3 rings (SSSR count). The fourth-order valence-corrected chi connectivity index (χ4v) is 3.63. The van der Waals surface area contributed by atoms with Crippen LogP contribution in [0.1, 0.15) is 5.01 Å². The molecular formula is C20H20N4O4S. The van der Waals surface area contributed by atoms with E-state index in [-0.39, 0.29) is 25.4 Å². The predicted molar refractivity (Wildman–Crippen MR) is 110 cm³/mol. The minimum absolute atomic E-state index is 0.0808. The average molecular weight is 412 g/mol. The smallest absolute Gasteiger partial charge is 0.262 e. The Morgan fingerprint density at radius 1 is 0.931 bits per heavy atom. The molecule has 8 nitrogen and oxygen atoms in total. The van der Waals surface area contributed by atoms with Gasteiger partial charge in [-0.1, -0.05) is 36.4 Å². The second-order valence-electron chi connectivity index (χ2n) is 6.12.